The fourth-order valence-corrected chi connectivity index (χ4v) is 4.01. The maximum absolute atomic E-state index is 4.47. The van der Waals surface area contributed by atoms with Crippen molar-refractivity contribution < 1.29 is 0 Å². The molecule has 1 aromatic heterocycles. The predicted octanol–water partition coefficient (Wildman–Crippen LogP) is 2.16. The Bertz CT molecular complexity index is 370. The van der Waals surface area contributed by atoms with Gasteiger partial charge in [-0.15, -0.1) is 0 Å². The standard InChI is InChI=1S/C12H17N3S/c1-8-4-5-13-12(14-8)16-11-6-9-2-3-10(7-11)15-9/h4-5,9-11,15H,2-3,6-7H2,1H3/t9-,10-/m1/s1. The molecule has 2 bridgehead atoms. The summed E-state index contributed by atoms with van der Waals surface area (Å²) in [6.45, 7) is 2.03. The van der Waals surface area contributed by atoms with Crippen LogP contribution in [0.15, 0.2) is 17.4 Å². The van der Waals surface area contributed by atoms with Crippen molar-refractivity contribution in [3.05, 3.63) is 18.0 Å². The van der Waals surface area contributed by atoms with Crippen LogP contribution in [0.2, 0.25) is 0 Å². The summed E-state index contributed by atoms with van der Waals surface area (Å²) in [4.78, 5) is 8.80. The Hall–Kier alpha value is -0.610. The molecule has 2 aliphatic heterocycles. The third-order valence-electron chi connectivity index (χ3n) is 3.47. The Morgan fingerprint density at radius 1 is 1.31 bits per heavy atom. The van der Waals surface area contributed by atoms with Crippen LogP contribution >= 0.6 is 11.8 Å². The molecule has 0 saturated carbocycles. The second-order valence-electron chi connectivity index (χ2n) is 4.83. The molecule has 0 unspecified atom stereocenters. The van der Waals surface area contributed by atoms with Gasteiger partial charge >= 0.3 is 0 Å². The Morgan fingerprint density at radius 3 is 2.75 bits per heavy atom. The number of fused-ring (bicyclic) bond motifs is 2. The van der Waals surface area contributed by atoms with E-state index in [0.29, 0.717) is 5.25 Å². The third kappa shape index (κ3) is 2.23. The smallest absolute Gasteiger partial charge is 0.187 e. The number of thioether (sulfide) groups is 1. The molecule has 2 fully saturated rings. The van der Waals surface area contributed by atoms with Crippen molar-refractivity contribution in [3.63, 3.8) is 0 Å². The third-order valence-corrected chi connectivity index (χ3v) is 4.60. The molecule has 3 heterocycles. The molecule has 1 N–H and O–H groups in total. The first-order valence-corrected chi connectivity index (χ1v) is 6.90. The van der Waals surface area contributed by atoms with E-state index in [9.17, 15) is 0 Å². The topological polar surface area (TPSA) is 37.8 Å². The van der Waals surface area contributed by atoms with Crippen LogP contribution in [0.25, 0.3) is 0 Å². The van der Waals surface area contributed by atoms with Crippen molar-refractivity contribution in [1.29, 1.82) is 0 Å². The molecule has 0 amide bonds. The zero-order valence-electron chi connectivity index (χ0n) is 9.52. The van der Waals surface area contributed by atoms with E-state index in [0.717, 1.165) is 22.9 Å². The van der Waals surface area contributed by atoms with Gasteiger partial charge in [-0.25, -0.2) is 9.97 Å². The maximum Gasteiger partial charge on any atom is 0.187 e. The number of aromatic nitrogens is 2. The number of piperidine rings is 1. The van der Waals surface area contributed by atoms with Crippen LogP contribution in [0, 0.1) is 6.92 Å². The second kappa shape index (κ2) is 4.34. The molecule has 0 spiro atoms. The Labute approximate surface area is 100 Å². The number of rotatable bonds is 2. The lowest BCUT2D eigenvalue weighted by molar-refractivity contribution is 0.414. The van der Waals surface area contributed by atoms with Crippen molar-refractivity contribution in [2.45, 2.75) is 55.1 Å². The van der Waals surface area contributed by atoms with Gasteiger partial charge in [0, 0.05) is 29.2 Å². The summed E-state index contributed by atoms with van der Waals surface area (Å²) >= 11 is 1.86. The van der Waals surface area contributed by atoms with Crippen LogP contribution in [0.4, 0.5) is 0 Å². The molecule has 0 radical (unpaired) electrons. The van der Waals surface area contributed by atoms with Crippen molar-refractivity contribution in [3.8, 4) is 0 Å². The Balaban J connectivity index is 1.67. The van der Waals surface area contributed by atoms with E-state index in [2.05, 4.69) is 15.3 Å². The molecule has 3 nitrogen and oxygen atoms in total. The number of nitrogens with zero attached hydrogens (tertiary/aromatic N) is 2. The molecule has 3 rings (SSSR count). The minimum atomic E-state index is 0.709. The van der Waals surface area contributed by atoms with Gasteiger partial charge in [0.1, 0.15) is 0 Å². The van der Waals surface area contributed by atoms with Crippen LogP contribution in [-0.4, -0.2) is 27.3 Å². The fraction of sp³-hybridized carbons (Fsp3) is 0.667. The fourth-order valence-electron chi connectivity index (χ4n) is 2.73. The van der Waals surface area contributed by atoms with Gasteiger partial charge in [0.05, 0.1) is 0 Å². The molecule has 4 heteroatoms. The highest BCUT2D eigenvalue weighted by Gasteiger charge is 2.34. The first-order chi connectivity index (χ1) is 7.79. The van der Waals surface area contributed by atoms with E-state index < -0.39 is 0 Å². The van der Waals surface area contributed by atoms with Crippen LogP contribution in [0.3, 0.4) is 0 Å². The highest BCUT2D eigenvalue weighted by molar-refractivity contribution is 7.99. The molecule has 2 atom stereocenters. The van der Waals surface area contributed by atoms with Gasteiger partial charge in [0.15, 0.2) is 5.16 Å². The zero-order chi connectivity index (χ0) is 11.0. The first kappa shape index (κ1) is 10.5. The Kier molecular flexibility index (Phi) is 2.86. The summed E-state index contributed by atoms with van der Waals surface area (Å²) in [6.07, 6.45) is 7.13. The van der Waals surface area contributed by atoms with Gasteiger partial charge in [-0.3, -0.25) is 0 Å². The predicted molar refractivity (Wildman–Crippen MR) is 65.6 cm³/mol. The second-order valence-corrected chi connectivity index (χ2v) is 6.10. The quantitative estimate of drug-likeness (QED) is 0.797. The maximum atomic E-state index is 4.47. The molecule has 16 heavy (non-hydrogen) atoms. The van der Waals surface area contributed by atoms with Gasteiger partial charge in [0.25, 0.3) is 0 Å². The molecule has 86 valence electrons. The van der Waals surface area contributed by atoms with Crippen molar-refractivity contribution >= 4 is 11.8 Å². The van der Waals surface area contributed by atoms with Crippen molar-refractivity contribution in [2.75, 3.05) is 0 Å². The summed E-state index contributed by atoms with van der Waals surface area (Å²) in [5.41, 5.74) is 1.06. The summed E-state index contributed by atoms with van der Waals surface area (Å²) in [5.74, 6) is 0. The summed E-state index contributed by atoms with van der Waals surface area (Å²) < 4.78 is 0. The SMILES string of the molecule is Cc1ccnc(SC2C[C@H]3CC[C@H](C2)N3)n1. The molecular formula is C12H17N3S. The normalized spacial score (nSPS) is 32.9. The van der Waals surface area contributed by atoms with E-state index in [4.69, 9.17) is 0 Å². The number of aryl methyl sites for hydroxylation is 1. The number of hydrogen-bond acceptors (Lipinski definition) is 4. The van der Waals surface area contributed by atoms with Crippen LogP contribution < -0.4 is 5.32 Å². The van der Waals surface area contributed by atoms with Crippen LogP contribution in [0.1, 0.15) is 31.4 Å². The molecular weight excluding hydrogens is 218 g/mol. The lowest BCUT2D eigenvalue weighted by Crippen LogP contribution is -2.39. The summed E-state index contributed by atoms with van der Waals surface area (Å²) in [6, 6.07) is 3.46. The van der Waals surface area contributed by atoms with Gasteiger partial charge < -0.3 is 5.32 Å². The molecule has 0 aromatic carbocycles. The van der Waals surface area contributed by atoms with Crippen molar-refractivity contribution in [1.82, 2.24) is 15.3 Å². The molecule has 1 aromatic rings. The average Bonchev–Trinajstić information content (AvgIpc) is 2.58. The van der Waals surface area contributed by atoms with Crippen molar-refractivity contribution in [2.24, 2.45) is 0 Å². The van der Waals surface area contributed by atoms with Gasteiger partial charge in [-0.2, -0.15) is 0 Å². The van der Waals surface area contributed by atoms with E-state index in [1.165, 1.54) is 25.7 Å². The lowest BCUT2D eigenvalue weighted by Gasteiger charge is -2.27. The minimum Gasteiger partial charge on any atom is -0.311 e. The monoisotopic (exact) mass is 235 g/mol. The molecule has 2 saturated heterocycles. The van der Waals surface area contributed by atoms with Crippen LogP contribution in [-0.2, 0) is 0 Å². The highest BCUT2D eigenvalue weighted by Crippen LogP contribution is 2.35. The highest BCUT2D eigenvalue weighted by atomic mass is 32.2. The van der Waals surface area contributed by atoms with Gasteiger partial charge in [0.2, 0.25) is 0 Å². The Morgan fingerprint density at radius 2 is 2.06 bits per heavy atom. The largest absolute Gasteiger partial charge is 0.311 e. The van der Waals surface area contributed by atoms with E-state index in [1.54, 1.807) is 0 Å². The van der Waals surface area contributed by atoms with Gasteiger partial charge in [-0.1, -0.05) is 11.8 Å². The van der Waals surface area contributed by atoms with E-state index in [1.807, 2.05) is 30.9 Å². The first-order valence-electron chi connectivity index (χ1n) is 6.02. The molecule has 0 aliphatic carbocycles. The average molecular weight is 235 g/mol. The molecule has 2 aliphatic rings. The van der Waals surface area contributed by atoms with E-state index >= 15 is 0 Å². The van der Waals surface area contributed by atoms with Crippen LogP contribution in [0.5, 0.6) is 0 Å². The number of hydrogen-bond donors (Lipinski definition) is 1. The summed E-state index contributed by atoms with van der Waals surface area (Å²) in [7, 11) is 0. The zero-order valence-corrected chi connectivity index (χ0v) is 10.3. The minimum absolute atomic E-state index is 0.709. The summed E-state index contributed by atoms with van der Waals surface area (Å²) in [5, 5.41) is 5.32. The van der Waals surface area contributed by atoms with Gasteiger partial charge in [-0.05, 0) is 38.7 Å². The number of nitrogens with one attached hydrogen (secondary N) is 1. The van der Waals surface area contributed by atoms with E-state index in [-0.39, 0.29) is 0 Å². The lowest BCUT2D eigenvalue weighted by atomic mass is 10.1.